The first-order valence-electron chi connectivity index (χ1n) is 6.35. The van der Waals surface area contributed by atoms with Crippen molar-refractivity contribution < 1.29 is 9.47 Å². The molecule has 2 N–H and O–H groups in total. The predicted octanol–water partition coefficient (Wildman–Crippen LogP) is 3.30. The van der Waals surface area contributed by atoms with E-state index in [0.717, 1.165) is 12.2 Å². The van der Waals surface area contributed by atoms with Crippen LogP contribution >= 0.6 is 12.2 Å². The lowest BCUT2D eigenvalue weighted by Gasteiger charge is -2.08. The molecule has 1 heterocycles. The molecule has 0 unspecified atom stereocenters. The second-order valence-corrected chi connectivity index (χ2v) is 4.60. The largest absolute Gasteiger partial charge is 0.494 e. The summed E-state index contributed by atoms with van der Waals surface area (Å²) in [6.07, 6.45) is 2.60. The quantitative estimate of drug-likeness (QED) is 0.826. The SMILES string of the molecule is CCCOc1ccc(Oc2ccnc(C(N)=S)c2)cc1. The summed E-state index contributed by atoms with van der Waals surface area (Å²) in [5.41, 5.74) is 6.08. The van der Waals surface area contributed by atoms with Crippen molar-refractivity contribution in [1.29, 1.82) is 0 Å². The molecular formula is C15H16N2O2S. The third-order valence-corrected chi connectivity index (χ3v) is 2.73. The van der Waals surface area contributed by atoms with E-state index in [0.29, 0.717) is 23.8 Å². The van der Waals surface area contributed by atoms with Gasteiger partial charge in [0.05, 0.1) is 6.61 Å². The summed E-state index contributed by atoms with van der Waals surface area (Å²) in [7, 11) is 0. The Kier molecular flexibility index (Phi) is 4.90. The lowest BCUT2D eigenvalue weighted by molar-refractivity contribution is 0.317. The average molecular weight is 288 g/mol. The monoisotopic (exact) mass is 288 g/mol. The number of thiocarbonyl (C=S) groups is 1. The first-order chi connectivity index (χ1) is 9.69. The first kappa shape index (κ1) is 14.3. The van der Waals surface area contributed by atoms with Crippen LogP contribution in [0.3, 0.4) is 0 Å². The van der Waals surface area contributed by atoms with Gasteiger partial charge in [-0.1, -0.05) is 19.1 Å². The minimum Gasteiger partial charge on any atom is -0.494 e. The Morgan fingerprint density at radius 2 is 1.85 bits per heavy atom. The molecule has 1 aromatic heterocycles. The van der Waals surface area contributed by atoms with Crippen molar-refractivity contribution in [3.8, 4) is 17.2 Å². The fourth-order valence-electron chi connectivity index (χ4n) is 1.57. The summed E-state index contributed by atoms with van der Waals surface area (Å²) in [6.45, 7) is 2.78. The van der Waals surface area contributed by atoms with E-state index in [1.807, 2.05) is 24.3 Å². The van der Waals surface area contributed by atoms with Crippen molar-refractivity contribution in [3.05, 3.63) is 48.3 Å². The van der Waals surface area contributed by atoms with Crippen molar-refractivity contribution >= 4 is 17.2 Å². The first-order valence-corrected chi connectivity index (χ1v) is 6.76. The summed E-state index contributed by atoms with van der Waals surface area (Å²) >= 11 is 4.89. The van der Waals surface area contributed by atoms with Gasteiger partial charge in [0.25, 0.3) is 0 Å². The Bertz CT molecular complexity index is 585. The summed E-state index contributed by atoms with van der Waals surface area (Å²) in [4.78, 5) is 4.31. The maximum atomic E-state index is 5.72. The molecule has 4 nitrogen and oxygen atoms in total. The van der Waals surface area contributed by atoms with Crippen LogP contribution in [0.2, 0.25) is 0 Å². The molecule has 0 bridgehead atoms. The third-order valence-electron chi connectivity index (χ3n) is 2.52. The number of pyridine rings is 1. The Hall–Kier alpha value is -2.14. The molecule has 0 saturated heterocycles. The number of nitrogens with two attached hydrogens (primary N) is 1. The fraction of sp³-hybridized carbons (Fsp3) is 0.200. The van der Waals surface area contributed by atoms with Gasteiger partial charge in [-0.3, -0.25) is 4.98 Å². The van der Waals surface area contributed by atoms with Crippen LogP contribution in [0, 0.1) is 0 Å². The van der Waals surface area contributed by atoms with Crippen LogP contribution < -0.4 is 15.2 Å². The molecule has 0 radical (unpaired) electrons. The number of rotatable bonds is 6. The summed E-state index contributed by atoms with van der Waals surface area (Å²) < 4.78 is 11.2. The Morgan fingerprint density at radius 3 is 2.50 bits per heavy atom. The van der Waals surface area contributed by atoms with E-state index in [1.165, 1.54) is 0 Å². The normalized spacial score (nSPS) is 10.1. The average Bonchev–Trinajstić information content (AvgIpc) is 2.47. The topological polar surface area (TPSA) is 57.4 Å². The minimum atomic E-state index is 0.249. The molecule has 104 valence electrons. The number of hydrogen-bond acceptors (Lipinski definition) is 4. The van der Waals surface area contributed by atoms with Crippen LogP contribution in [0.25, 0.3) is 0 Å². The third kappa shape index (κ3) is 3.93. The van der Waals surface area contributed by atoms with Crippen LogP contribution in [-0.2, 0) is 0 Å². The Balaban J connectivity index is 2.06. The molecule has 0 amide bonds. The molecule has 0 saturated carbocycles. The lowest BCUT2D eigenvalue weighted by atomic mass is 10.3. The van der Waals surface area contributed by atoms with Gasteiger partial charge in [0.1, 0.15) is 27.9 Å². The number of ether oxygens (including phenoxy) is 2. The second-order valence-electron chi connectivity index (χ2n) is 4.16. The molecule has 1 aromatic carbocycles. The van der Waals surface area contributed by atoms with Gasteiger partial charge in [-0.15, -0.1) is 0 Å². The zero-order valence-corrected chi connectivity index (χ0v) is 12.0. The highest BCUT2D eigenvalue weighted by atomic mass is 32.1. The zero-order chi connectivity index (χ0) is 14.4. The van der Waals surface area contributed by atoms with Gasteiger partial charge in [0, 0.05) is 12.3 Å². The molecule has 2 aromatic rings. The van der Waals surface area contributed by atoms with Crippen LogP contribution in [0.4, 0.5) is 0 Å². The molecule has 0 atom stereocenters. The molecule has 5 heteroatoms. The Labute approximate surface area is 123 Å². The van der Waals surface area contributed by atoms with E-state index in [4.69, 9.17) is 27.4 Å². The van der Waals surface area contributed by atoms with Crippen LogP contribution in [0.15, 0.2) is 42.6 Å². The second kappa shape index (κ2) is 6.86. The molecule has 0 spiro atoms. The van der Waals surface area contributed by atoms with Gasteiger partial charge in [0.15, 0.2) is 0 Å². The Morgan fingerprint density at radius 1 is 1.15 bits per heavy atom. The molecular weight excluding hydrogens is 272 g/mol. The van der Waals surface area contributed by atoms with Gasteiger partial charge in [-0.05, 0) is 36.8 Å². The number of benzene rings is 1. The number of nitrogens with zero attached hydrogens (tertiary/aromatic N) is 1. The molecule has 0 aliphatic rings. The molecule has 0 aliphatic carbocycles. The van der Waals surface area contributed by atoms with Crippen molar-refractivity contribution in [2.45, 2.75) is 13.3 Å². The zero-order valence-electron chi connectivity index (χ0n) is 11.2. The van der Waals surface area contributed by atoms with Gasteiger partial charge in [-0.25, -0.2) is 0 Å². The maximum absolute atomic E-state index is 5.72. The minimum absolute atomic E-state index is 0.249. The highest BCUT2D eigenvalue weighted by Gasteiger charge is 2.02. The van der Waals surface area contributed by atoms with Gasteiger partial charge >= 0.3 is 0 Å². The van der Waals surface area contributed by atoms with Crippen molar-refractivity contribution in [2.24, 2.45) is 5.73 Å². The predicted molar refractivity (Wildman–Crippen MR) is 82.4 cm³/mol. The lowest BCUT2D eigenvalue weighted by Crippen LogP contribution is -2.11. The van der Waals surface area contributed by atoms with Crippen molar-refractivity contribution in [3.63, 3.8) is 0 Å². The molecule has 20 heavy (non-hydrogen) atoms. The van der Waals surface area contributed by atoms with Gasteiger partial charge < -0.3 is 15.2 Å². The summed E-state index contributed by atoms with van der Waals surface area (Å²) in [6, 6.07) is 10.9. The molecule has 2 rings (SSSR count). The van der Waals surface area contributed by atoms with E-state index < -0.39 is 0 Å². The van der Waals surface area contributed by atoms with Gasteiger partial charge in [-0.2, -0.15) is 0 Å². The standard InChI is InChI=1S/C15H16N2O2S/c1-2-9-18-11-3-5-12(6-4-11)19-13-7-8-17-14(10-13)15(16)20/h3-8,10H,2,9H2,1H3,(H2,16,20). The highest BCUT2D eigenvalue weighted by Crippen LogP contribution is 2.24. The van der Waals surface area contributed by atoms with Crippen LogP contribution in [0.5, 0.6) is 17.2 Å². The smallest absolute Gasteiger partial charge is 0.131 e. The number of aromatic nitrogens is 1. The summed E-state index contributed by atoms with van der Waals surface area (Å²) in [5.74, 6) is 2.19. The van der Waals surface area contributed by atoms with Crippen LogP contribution in [0.1, 0.15) is 19.0 Å². The van der Waals surface area contributed by atoms with E-state index >= 15 is 0 Å². The maximum Gasteiger partial charge on any atom is 0.131 e. The van der Waals surface area contributed by atoms with Crippen molar-refractivity contribution in [1.82, 2.24) is 4.98 Å². The fourth-order valence-corrected chi connectivity index (χ4v) is 1.68. The highest BCUT2D eigenvalue weighted by molar-refractivity contribution is 7.80. The van der Waals surface area contributed by atoms with Gasteiger partial charge in [0.2, 0.25) is 0 Å². The van der Waals surface area contributed by atoms with E-state index in [1.54, 1.807) is 18.3 Å². The summed E-state index contributed by atoms with van der Waals surface area (Å²) in [5, 5.41) is 0. The van der Waals surface area contributed by atoms with Crippen molar-refractivity contribution in [2.75, 3.05) is 6.61 Å². The van der Waals surface area contributed by atoms with E-state index in [9.17, 15) is 0 Å². The van der Waals surface area contributed by atoms with E-state index in [-0.39, 0.29) is 4.99 Å². The van der Waals surface area contributed by atoms with E-state index in [2.05, 4.69) is 11.9 Å². The molecule has 0 fully saturated rings. The van der Waals surface area contributed by atoms with Crippen LogP contribution in [-0.4, -0.2) is 16.6 Å². The molecule has 0 aliphatic heterocycles. The number of hydrogen-bond donors (Lipinski definition) is 1.